The molecule has 0 bridgehead atoms. The van der Waals surface area contributed by atoms with Crippen molar-refractivity contribution in [3.8, 4) is 0 Å². The molecule has 1 aliphatic rings. The van der Waals surface area contributed by atoms with Gasteiger partial charge in [-0.2, -0.15) is 0 Å². The molecule has 7 nitrogen and oxygen atoms in total. The summed E-state index contributed by atoms with van der Waals surface area (Å²) in [7, 11) is -2.14. The predicted molar refractivity (Wildman–Crippen MR) is 78.2 cm³/mol. The minimum absolute atomic E-state index is 0.134. The number of benzene rings is 1. The molecule has 2 rings (SSSR count). The molecule has 0 spiro atoms. The highest BCUT2D eigenvalue weighted by Gasteiger charge is 2.44. The van der Waals surface area contributed by atoms with Crippen molar-refractivity contribution < 1.29 is 17.9 Å². The first kappa shape index (κ1) is 15.9. The molecule has 2 unspecified atom stereocenters. The summed E-state index contributed by atoms with van der Waals surface area (Å²) in [5.74, 6) is -0.239. The third-order valence-corrected chi connectivity index (χ3v) is 5.16. The monoisotopic (exact) mass is 313 g/mol. The van der Waals surface area contributed by atoms with E-state index < -0.39 is 15.4 Å². The van der Waals surface area contributed by atoms with Crippen molar-refractivity contribution in [1.82, 2.24) is 4.72 Å². The van der Waals surface area contributed by atoms with E-state index in [2.05, 4.69) is 10.0 Å². The van der Waals surface area contributed by atoms with Gasteiger partial charge in [0.2, 0.25) is 15.9 Å². The molecule has 1 aromatic rings. The quantitative estimate of drug-likeness (QED) is 0.719. The van der Waals surface area contributed by atoms with Crippen LogP contribution in [0.2, 0.25) is 0 Å². The molecule has 1 heterocycles. The van der Waals surface area contributed by atoms with E-state index in [1.165, 1.54) is 31.3 Å². The van der Waals surface area contributed by atoms with Crippen LogP contribution < -0.4 is 15.8 Å². The smallest absolute Gasteiger partial charge is 0.240 e. The third kappa shape index (κ3) is 3.08. The normalized spacial score (nSPS) is 25.8. The number of nitrogens with two attached hydrogens (primary N) is 1. The van der Waals surface area contributed by atoms with E-state index in [9.17, 15) is 13.2 Å². The highest BCUT2D eigenvalue weighted by atomic mass is 32.2. The van der Waals surface area contributed by atoms with E-state index in [-0.39, 0.29) is 23.5 Å². The fourth-order valence-electron chi connectivity index (χ4n) is 2.03. The summed E-state index contributed by atoms with van der Waals surface area (Å²) >= 11 is 0. The van der Waals surface area contributed by atoms with E-state index in [1.54, 1.807) is 6.92 Å². The maximum Gasteiger partial charge on any atom is 0.240 e. The average molecular weight is 313 g/mol. The number of carbonyl (C=O) groups excluding carboxylic acids is 1. The topological polar surface area (TPSA) is 111 Å². The van der Waals surface area contributed by atoms with Gasteiger partial charge in [-0.25, -0.2) is 13.1 Å². The summed E-state index contributed by atoms with van der Waals surface area (Å²) < 4.78 is 30.7. The maximum absolute atomic E-state index is 12.3. The van der Waals surface area contributed by atoms with Crippen molar-refractivity contribution >= 4 is 21.6 Å². The van der Waals surface area contributed by atoms with Gasteiger partial charge >= 0.3 is 0 Å². The second-order valence-corrected chi connectivity index (χ2v) is 7.11. The lowest BCUT2D eigenvalue weighted by molar-refractivity contribution is -0.125. The van der Waals surface area contributed by atoms with Crippen molar-refractivity contribution in [2.75, 3.05) is 25.6 Å². The molecule has 0 saturated carbocycles. The summed E-state index contributed by atoms with van der Waals surface area (Å²) in [4.78, 5) is 12.4. The number of carbonyl (C=O) groups is 1. The number of anilines is 1. The first-order valence-corrected chi connectivity index (χ1v) is 7.96. The molecule has 1 saturated heterocycles. The van der Waals surface area contributed by atoms with Crippen molar-refractivity contribution in [3.63, 3.8) is 0 Å². The summed E-state index contributed by atoms with van der Waals surface area (Å²) in [5.41, 5.74) is 5.62. The van der Waals surface area contributed by atoms with Crippen LogP contribution in [-0.4, -0.2) is 40.6 Å². The molecule has 4 N–H and O–H groups in total. The second-order valence-electron chi connectivity index (χ2n) is 5.23. The van der Waals surface area contributed by atoms with Crippen LogP contribution >= 0.6 is 0 Å². The number of hydrogen-bond donors (Lipinski definition) is 3. The zero-order valence-corrected chi connectivity index (χ0v) is 12.7. The number of sulfonamides is 1. The number of ether oxygens (including phenoxy) is 1. The minimum atomic E-state index is -3.48. The van der Waals surface area contributed by atoms with Crippen LogP contribution in [0.25, 0.3) is 0 Å². The Hall–Kier alpha value is -1.48. The van der Waals surface area contributed by atoms with Crippen molar-refractivity contribution in [2.24, 2.45) is 11.1 Å². The molecule has 1 aliphatic heterocycles. The van der Waals surface area contributed by atoms with Gasteiger partial charge in [0.05, 0.1) is 23.5 Å². The Morgan fingerprint density at radius 1 is 1.38 bits per heavy atom. The molecule has 0 aromatic heterocycles. The van der Waals surface area contributed by atoms with Gasteiger partial charge in [0.25, 0.3) is 0 Å². The zero-order chi connectivity index (χ0) is 15.7. The molecule has 2 atom stereocenters. The molecule has 0 aliphatic carbocycles. The third-order valence-electron chi connectivity index (χ3n) is 3.73. The van der Waals surface area contributed by atoms with Gasteiger partial charge in [-0.3, -0.25) is 4.79 Å². The molecule has 116 valence electrons. The van der Waals surface area contributed by atoms with Crippen LogP contribution in [0.5, 0.6) is 0 Å². The van der Waals surface area contributed by atoms with E-state index in [0.29, 0.717) is 12.3 Å². The van der Waals surface area contributed by atoms with E-state index in [0.717, 1.165) is 0 Å². The molecule has 1 fully saturated rings. The first-order chi connectivity index (χ1) is 9.79. The van der Waals surface area contributed by atoms with Crippen molar-refractivity contribution in [2.45, 2.75) is 17.9 Å². The molecule has 1 amide bonds. The fourth-order valence-corrected chi connectivity index (χ4v) is 2.76. The number of hydrogen-bond acceptors (Lipinski definition) is 5. The van der Waals surface area contributed by atoms with Gasteiger partial charge in [-0.15, -0.1) is 0 Å². The van der Waals surface area contributed by atoms with Gasteiger partial charge in [0.15, 0.2) is 0 Å². The van der Waals surface area contributed by atoms with E-state index in [4.69, 9.17) is 10.5 Å². The Labute approximate surface area is 123 Å². The first-order valence-electron chi connectivity index (χ1n) is 6.48. The Morgan fingerprint density at radius 3 is 2.48 bits per heavy atom. The highest BCUT2D eigenvalue weighted by molar-refractivity contribution is 7.89. The average Bonchev–Trinajstić information content (AvgIpc) is 2.80. The second kappa shape index (κ2) is 5.72. The number of amides is 1. The van der Waals surface area contributed by atoms with Crippen molar-refractivity contribution in [1.29, 1.82) is 0 Å². The Kier molecular flexibility index (Phi) is 4.33. The lowest BCUT2D eigenvalue weighted by Crippen LogP contribution is -2.47. The van der Waals surface area contributed by atoms with Crippen LogP contribution in [-0.2, 0) is 19.6 Å². The maximum atomic E-state index is 12.3. The molecular weight excluding hydrogens is 294 g/mol. The predicted octanol–water partition coefficient (Wildman–Crippen LogP) is -0.103. The van der Waals surface area contributed by atoms with Gasteiger partial charge in [0.1, 0.15) is 0 Å². The van der Waals surface area contributed by atoms with Gasteiger partial charge < -0.3 is 15.8 Å². The van der Waals surface area contributed by atoms with Crippen molar-refractivity contribution in [3.05, 3.63) is 24.3 Å². The lowest BCUT2D eigenvalue weighted by atomic mass is 9.85. The van der Waals surface area contributed by atoms with Gasteiger partial charge in [0, 0.05) is 11.7 Å². The molecular formula is C13H19N3O4S. The number of rotatable bonds is 4. The molecule has 21 heavy (non-hydrogen) atoms. The lowest BCUT2D eigenvalue weighted by Gasteiger charge is -2.25. The SMILES string of the molecule is CNS(=O)(=O)c1ccc(NC(=O)C2(C)COCC2N)cc1. The van der Waals surface area contributed by atoms with Gasteiger partial charge in [-0.05, 0) is 38.2 Å². The molecule has 8 heteroatoms. The molecule has 1 aromatic carbocycles. The fraction of sp³-hybridized carbons (Fsp3) is 0.462. The van der Waals surface area contributed by atoms with Crippen LogP contribution in [0.15, 0.2) is 29.2 Å². The van der Waals surface area contributed by atoms with E-state index >= 15 is 0 Å². The summed E-state index contributed by atoms with van der Waals surface area (Å²) in [5, 5.41) is 2.74. The Balaban J connectivity index is 2.12. The van der Waals surface area contributed by atoms with Crippen LogP contribution in [0.4, 0.5) is 5.69 Å². The Morgan fingerprint density at radius 2 is 2.00 bits per heavy atom. The largest absolute Gasteiger partial charge is 0.379 e. The number of nitrogens with one attached hydrogen (secondary N) is 2. The minimum Gasteiger partial charge on any atom is -0.379 e. The van der Waals surface area contributed by atoms with Crippen LogP contribution in [0, 0.1) is 5.41 Å². The Bertz CT molecular complexity index is 629. The van der Waals surface area contributed by atoms with Crippen LogP contribution in [0.1, 0.15) is 6.92 Å². The summed E-state index contributed by atoms with van der Waals surface area (Å²) in [6, 6.07) is 5.56. The standard InChI is InChI=1S/C13H19N3O4S/c1-13(8-20-7-11(13)14)12(17)16-9-3-5-10(6-4-9)21(18,19)15-2/h3-6,11,15H,7-8,14H2,1-2H3,(H,16,17). The summed E-state index contributed by atoms with van der Waals surface area (Å²) in [6.45, 7) is 2.37. The molecule has 0 radical (unpaired) electrons. The summed E-state index contributed by atoms with van der Waals surface area (Å²) in [6.07, 6.45) is 0. The van der Waals surface area contributed by atoms with E-state index in [1.807, 2.05) is 0 Å². The highest BCUT2D eigenvalue weighted by Crippen LogP contribution is 2.28. The van der Waals surface area contributed by atoms with Crippen LogP contribution in [0.3, 0.4) is 0 Å². The van der Waals surface area contributed by atoms with Gasteiger partial charge in [-0.1, -0.05) is 0 Å². The zero-order valence-electron chi connectivity index (χ0n) is 11.9.